The van der Waals surface area contributed by atoms with Crippen LogP contribution in [0.4, 0.5) is 0 Å². The molecule has 0 aromatic heterocycles. The molecule has 1 N–H and O–H groups in total. The summed E-state index contributed by atoms with van der Waals surface area (Å²) in [5, 5.41) is 9.43. The summed E-state index contributed by atoms with van der Waals surface area (Å²) in [6, 6.07) is 0. The fraction of sp³-hybridized carbons (Fsp3) is 0.500. The topological polar surface area (TPSA) is 37.3 Å². The van der Waals surface area contributed by atoms with E-state index >= 15 is 0 Å². The smallest absolute Gasteiger partial charge is 0.223 e. The number of hydrogen-bond donors (Lipinski definition) is 1. The third kappa shape index (κ3) is 0.840. The van der Waals surface area contributed by atoms with E-state index < -0.39 is 0 Å². The average molecular weight is 164 g/mol. The zero-order chi connectivity index (χ0) is 8.72. The fourth-order valence-electron chi connectivity index (χ4n) is 2.14. The lowest BCUT2D eigenvalue weighted by Crippen LogP contribution is -2.08. The summed E-state index contributed by atoms with van der Waals surface area (Å²) < 4.78 is 0. The fourth-order valence-corrected chi connectivity index (χ4v) is 2.14. The van der Waals surface area contributed by atoms with E-state index in [0.29, 0.717) is 5.57 Å². The molecule has 0 radical (unpaired) electrons. The van der Waals surface area contributed by atoms with Crippen LogP contribution in [0.25, 0.3) is 0 Å². The highest BCUT2D eigenvalue weighted by Crippen LogP contribution is 2.41. The molecule has 2 rings (SSSR count). The Hall–Kier alpha value is -1.05. The van der Waals surface area contributed by atoms with Crippen molar-refractivity contribution >= 4 is 5.78 Å². The molecular formula is C10H12O2. The maximum atomic E-state index is 11.3. The van der Waals surface area contributed by atoms with Crippen LogP contribution >= 0.6 is 0 Å². The van der Waals surface area contributed by atoms with E-state index in [0.717, 1.165) is 31.3 Å². The summed E-state index contributed by atoms with van der Waals surface area (Å²) in [5.41, 5.74) is 1.54. The molecule has 1 atom stereocenters. The molecule has 64 valence electrons. The summed E-state index contributed by atoms with van der Waals surface area (Å²) >= 11 is 0. The van der Waals surface area contributed by atoms with E-state index in [2.05, 4.69) is 6.58 Å². The minimum absolute atomic E-state index is 0.00954. The molecule has 0 aliphatic heterocycles. The van der Waals surface area contributed by atoms with Gasteiger partial charge in [-0.15, -0.1) is 0 Å². The van der Waals surface area contributed by atoms with Crippen molar-refractivity contribution in [2.75, 3.05) is 0 Å². The zero-order valence-corrected chi connectivity index (χ0v) is 6.97. The Kier molecular flexibility index (Phi) is 1.56. The molecule has 0 bridgehead atoms. The first-order valence-electron chi connectivity index (χ1n) is 4.37. The van der Waals surface area contributed by atoms with Gasteiger partial charge in [0.15, 0.2) is 5.76 Å². The predicted octanol–water partition coefficient (Wildman–Crippen LogP) is 2.13. The summed E-state index contributed by atoms with van der Waals surface area (Å²) in [5.74, 6) is -0.0622. The van der Waals surface area contributed by atoms with E-state index in [1.807, 2.05) is 0 Å². The van der Waals surface area contributed by atoms with Crippen molar-refractivity contribution in [3.8, 4) is 0 Å². The Bertz CT molecular complexity index is 286. The Morgan fingerprint density at radius 2 is 2.17 bits per heavy atom. The van der Waals surface area contributed by atoms with Crippen LogP contribution in [0.15, 0.2) is 23.5 Å². The third-order valence-electron chi connectivity index (χ3n) is 2.84. The maximum Gasteiger partial charge on any atom is 0.223 e. The van der Waals surface area contributed by atoms with Gasteiger partial charge in [0.25, 0.3) is 0 Å². The van der Waals surface area contributed by atoms with E-state index in [-0.39, 0.29) is 17.5 Å². The quantitative estimate of drug-likeness (QED) is 0.557. The van der Waals surface area contributed by atoms with Crippen LogP contribution in [0, 0.1) is 5.92 Å². The summed E-state index contributed by atoms with van der Waals surface area (Å²) in [4.78, 5) is 11.3. The molecule has 2 heteroatoms. The molecule has 2 aliphatic rings. The number of hydrogen-bond acceptors (Lipinski definition) is 2. The summed E-state index contributed by atoms with van der Waals surface area (Å²) in [6.45, 7) is 3.72. The second kappa shape index (κ2) is 2.47. The molecule has 2 aliphatic carbocycles. The Morgan fingerprint density at radius 1 is 1.42 bits per heavy atom. The lowest BCUT2D eigenvalue weighted by molar-refractivity contribution is -0.114. The van der Waals surface area contributed by atoms with Gasteiger partial charge in [0.05, 0.1) is 0 Å². The molecule has 1 saturated carbocycles. The number of allylic oxidation sites excluding steroid dienone is 2. The standard InChI is InChI=1S/C10H12O2/c1-6-7-4-2-3-5-8(7)10(12)9(6)11/h7,12H,1-5H2/t7-/m0/s1. The molecular weight excluding hydrogens is 152 g/mol. The van der Waals surface area contributed by atoms with Gasteiger partial charge >= 0.3 is 0 Å². The maximum absolute atomic E-state index is 11.3. The van der Waals surface area contributed by atoms with Gasteiger partial charge in [0, 0.05) is 11.5 Å². The Labute approximate surface area is 71.6 Å². The number of fused-ring (bicyclic) bond motifs is 1. The number of rotatable bonds is 0. The molecule has 0 spiro atoms. The van der Waals surface area contributed by atoms with Crippen LogP contribution in [0.2, 0.25) is 0 Å². The lowest BCUT2D eigenvalue weighted by Gasteiger charge is -2.19. The second-order valence-electron chi connectivity index (χ2n) is 3.53. The van der Waals surface area contributed by atoms with E-state index in [1.54, 1.807) is 0 Å². The predicted molar refractivity (Wildman–Crippen MR) is 45.8 cm³/mol. The number of carbonyl (C=O) groups is 1. The molecule has 1 fully saturated rings. The van der Waals surface area contributed by atoms with Crippen molar-refractivity contribution in [3.63, 3.8) is 0 Å². The van der Waals surface area contributed by atoms with E-state index in [9.17, 15) is 9.90 Å². The summed E-state index contributed by atoms with van der Waals surface area (Å²) in [6.07, 6.45) is 4.11. The first-order valence-corrected chi connectivity index (χ1v) is 4.37. The third-order valence-corrected chi connectivity index (χ3v) is 2.84. The monoisotopic (exact) mass is 164 g/mol. The van der Waals surface area contributed by atoms with Crippen molar-refractivity contribution in [1.29, 1.82) is 0 Å². The number of carbonyl (C=O) groups excluding carboxylic acids is 1. The van der Waals surface area contributed by atoms with Crippen LogP contribution in [-0.2, 0) is 4.79 Å². The van der Waals surface area contributed by atoms with E-state index in [4.69, 9.17) is 0 Å². The van der Waals surface area contributed by atoms with Gasteiger partial charge in [-0.3, -0.25) is 4.79 Å². The van der Waals surface area contributed by atoms with Crippen molar-refractivity contribution in [2.24, 2.45) is 5.92 Å². The van der Waals surface area contributed by atoms with Gasteiger partial charge in [-0.2, -0.15) is 0 Å². The van der Waals surface area contributed by atoms with Gasteiger partial charge in [-0.05, 0) is 24.8 Å². The molecule has 0 heterocycles. The van der Waals surface area contributed by atoms with Crippen molar-refractivity contribution < 1.29 is 9.90 Å². The van der Waals surface area contributed by atoms with Crippen molar-refractivity contribution in [2.45, 2.75) is 25.7 Å². The minimum Gasteiger partial charge on any atom is -0.504 e. The molecule has 0 aromatic carbocycles. The first kappa shape index (κ1) is 7.59. The number of Topliss-reactive ketones (excluding diaryl/α,β-unsaturated/α-hetero) is 1. The SMILES string of the molecule is C=C1C(=O)C(O)=C2CCCC[C@@H]12. The second-order valence-corrected chi connectivity index (χ2v) is 3.53. The van der Waals surface area contributed by atoms with E-state index in [1.165, 1.54) is 0 Å². The number of ketones is 1. The van der Waals surface area contributed by atoms with Crippen LogP contribution in [0.3, 0.4) is 0 Å². The highest BCUT2D eigenvalue weighted by Gasteiger charge is 2.36. The van der Waals surface area contributed by atoms with Crippen LogP contribution < -0.4 is 0 Å². The van der Waals surface area contributed by atoms with Gasteiger partial charge in [-0.1, -0.05) is 13.0 Å². The Balaban J connectivity index is 2.40. The largest absolute Gasteiger partial charge is 0.504 e. The van der Waals surface area contributed by atoms with Gasteiger partial charge in [0.2, 0.25) is 5.78 Å². The van der Waals surface area contributed by atoms with Gasteiger partial charge in [-0.25, -0.2) is 0 Å². The highest BCUT2D eigenvalue weighted by molar-refractivity contribution is 6.10. The molecule has 0 unspecified atom stereocenters. The normalized spacial score (nSPS) is 29.5. The zero-order valence-electron chi connectivity index (χ0n) is 6.97. The van der Waals surface area contributed by atoms with Crippen LogP contribution in [-0.4, -0.2) is 10.9 Å². The highest BCUT2D eigenvalue weighted by atomic mass is 16.3. The van der Waals surface area contributed by atoms with Crippen LogP contribution in [0.5, 0.6) is 0 Å². The number of aliphatic hydroxyl groups is 1. The lowest BCUT2D eigenvalue weighted by atomic mass is 9.84. The van der Waals surface area contributed by atoms with Gasteiger partial charge in [0.1, 0.15) is 0 Å². The molecule has 0 aromatic rings. The van der Waals surface area contributed by atoms with Crippen molar-refractivity contribution in [1.82, 2.24) is 0 Å². The molecule has 0 amide bonds. The molecule has 12 heavy (non-hydrogen) atoms. The summed E-state index contributed by atoms with van der Waals surface area (Å²) in [7, 11) is 0. The van der Waals surface area contributed by atoms with Crippen LogP contribution in [0.1, 0.15) is 25.7 Å². The van der Waals surface area contributed by atoms with Gasteiger partial charge < -0.3 is 5.11 Å². The molecule has 2 nitrogen and oxygen atoms in total. The minimum atomic E-state index is -0.225. The Morgan fingerprint density at radius 3 is 2.83 bits per heavy atom. The average Bonchev–Trinajstić information content (AvgIpc) is 2.33. The van der Waals surface area contributed by atoms with Crippen molar-refractivity contribution in [3.05, 3.63) is 23.5 Å². The first-order chi connectivity index (χ1) is 5.72. The number of aliphatic hydroxyl groups excluding tert-OH is 1. The molecule has 0 saturated heterocycles.